The number of aliphatic imine (C=N–C) groups is 1. The van der Waals surface area contributed by atoms with Gasteiger partial charge in [0.05, 0.1) is 6.61 Å². The van der Waals surface area contributed by atoms with Crippen molar-refractivity contribution in [2.45, 2.75) is 58.0 Å². The summed E-state index contributed by atoms with van der Waals surface area (Å²) in [7, 11) is 1.75. The van der Waals surface area contributed by atoms with Crippen molar-refractivity contribution in [3.05, 3.63) is 35.4 Å². The van der Waals surface area contributed by atoms with E-state index in [0.717, 1.165) is 35.8 Å². The van der Waals surface area contributed by atoms with Crippen LogP contribution in [0.1, 0.15) is 43.7 Å². The Bertz CT molecular complexity index is 564. The van der Waals surface area contributed by atoms with Crippen molar-refractivity contribution >= 4 is 5.96 Å². The predicted molar refractivity (Wildman–Crippen MR) is 96.9 cm³/mol. The number of nitrogens with zero attached hydrogens (tertiary/aromatic N) is 1. The zero-order chi connectivity index (χ0) is 19.0. The average molecular weight is 371 g/mol. The van der Waals surface area contributed by atoms with Gasteiger partial charge in [-0.1, -0.05) is 31.2 Å². The van der Waals surface area contributed by atoms with Crippen LogP contribution in [0, 0.1) is 5.92 Å². The van der Waals surface area contributed by atoms with Gasteiger partial charge in [-0.25, -0.2) is 0 Å². The molecular weight excluding hydrogens is 343 g/mol. The third-order valence-corrected chi connectivity index (χ3v) is 4.60. The molecule has 1 aromatic rings. The summed E-state index contributed by atoms with van der Waals surface area (Å²) in [5.41, 5.74) is 1.75. The van der Waals surface area contributed by atoms with E-state index in [0.29, 0.717) is 12.6 Å². The number of halogens is 3. The lowest BCUT2D eigenvalue weighted by atomic mass is 9.87. The fourth-order valence-corrected chi connectivity index (χ4v) is 3.02. The van der Waals surface area contributed by atoms with Crippen molar-refractivity contribution in [3.63, 3.8) is 0 Å². The van der Waals surface area contributed by atoms with Crippen LogP contribution in [0.3, 0.4) is 0 Å². The van der Waals surface area contributed by atoms with Gasteiger partial charge in [0.25, 0.3) is 0 Å². The van der Waals surface area contributed by atoms with Crippen molar-refractivity contribution in [3.8, 4) is 0 Å². The first kappa shape index (κ1) is 20.6. The smallest absolute Gasteiger partial charge is 0.367 e. The van der Waals surface area contributed by atoms with E-state index in [2.05, 4.69) is 27.3 Å². The Morgan fingerprint density at radius 1 is 1.12 bits per heavy atom. The van der Waals surface area contributed by atoms with Gasteiger partial charge in [-0.05, 0) is 42.7 Å². The molecule has 4 nitrogen and oxygen atoms in total. The minimum atomic E-state index is -4.29. The van der Waals surface area contributed by atoms with Gasteiger partial charge >= 0.3 is 6.18 Å². The maximum absolute atomic E-state index is 12.1. The monoisotopic (exact) mass is 371 g/mol. The van der Waals surface area contributed by atoms with Gasteiger partial charge in [0.2, 0.25) is 0 Å². The lowest BCUT2D eigenvalue weighted by Gasteiger charge is -2.28. The first-order valence-corrected chi connectivity index (χ1v) is 9.05. The molecule has 0 atom stereocenters. The van der Waals surface area contributed by atoms with Crippen LogP contribution in [0.5, 0.6) is 0 Å². The van der Waals surface area contributed by atoms with E-state index in [4.69, 9.17) is 0 Å². The molecule has 2 N–H and O–H groups in total. The van der Waals surface area contributed by atoms with E-state index in [1.807, 2.05) is 12.1 Å². The van der Waals surface area contributed by atoms with Crippen LogP contribution in [0.15, 0.2) is 29.3 Å². The quantitative estimate of drug-likeness (QED) is 0.587. The molecular formula is C19H28F3N3O. The number of benzene rings is 1. The van der Waals surface area contributed by atoms with E-state index >= 15 is 0 Å². The van der Waals surface area contributed by atoms with E-state index in [-0.39, 0.29) is 6.61 Å². The molecule has 0 unspecified atom stereocenters. The fourth-order valence-electron chi connectivity index (χ4n) is 3.02. The SMILES string of the molecule is CN=C(NCc1ccc(COCC(F)(F)F)cc1)NC1CCC(C)CC1. The molecule has 146 valence electrons. The van der Waals surface area contributed by atoms with Crippen LogP contribution >= 0.6 is 0 Å². The highest BCUT2D eigenvalue weighted by Crippen LogP contribution is 2.23. The number of alkyl halides is 3. The summed E-state index contributed by atoms with van der Waals surface area (Å²) in [5.74, 6) is 1.59. The number of guanidine groups is 1. The summed E-state index contributed by atoms with van der Waals surface area (Å²) in [6.07, 6.45) is 0.519. The van der Waals surface area contributed by atoms with E-state index in [9.17, 15) is 13.2 Å². The molecule has 0 saturated heterocycles. The Labute approximate surface area is 153 Å². The highest BCUT2D eigenvalue weighted by Gasteiger charge is 2.27. The molecule has 26 heavy (non-hydrogen) atoms. The van der Waals surface area contributed by atoms with Gasteiger partial charge in [-0.3, -0.25) is 4.99 Å². The van der Waals surface area contributed by atoms with Crippen molar-refractivity contribution in [2.75, 3.05) is 13.7 Å². The van der Waals surface area contributed by atoms with Gasteiger partial charge in [-0.2, -0.15) is 13.2 Å². The van der Waals surface area contributed by atoms with Gasteiger partial charge in [0, 0.05) is 19.6 Å². The molecule has 0 aliphatic heterocycles. The van der Waals surface area contributed by atoms with Crippen molar-refractivity contribution in [1.82, 2.24) is 10.6 Å². The molecule has 0 heterocycles. The van der Waals surface area contributed by atoms with Gasteiger partial charge < -0.3 is 15.4 Å². The molecule has 0 amide bonds. The Hall–Kier alpha value is -1.76. The number of hydrogen-bond donors (Lipinski definition) is 2. The highest BCUT2D eigenvalue weighted by molar-refractivity contribution is 5.79. The third-order valence-electron chi connectivity index (χ3n) is 4.60. The largest absolute Gasteiger partial charge is 0.411 e. The Morgan fingerprint density at radius 3 is 2.31 bits per heavy atom. The normalized spacial score (nSPS) is 21.5. The van der Waals surface area contributed by atoms with Crippen LogP contribution in [0.4, 0.5) is 13.2 Å². The van der Waals surface area contributed by atoms with E-state index < -0.39 is 12.8 Å². The Balaban J connectivity index is 1.73. The molecule has 0 spiro atoms. The number of nitrogens with one attached hydrogen (secondary N) is 2. The first-order chi connectivity index (χ1) is 12.4. The molecule has 1 aromatic carbocycles. The predicted octanol–water partition coefficient (Wildman–Crippen LogP) is 4.01. The second-order valence-corrected chi connectivity index (χ2v) is 6.95. The van der Waals surface area contributed by atoms with Gasteiger partial charge in [0.15, 0.2) is 5.96 Å². The minimum Gasteiger partial charge on any atom is -0.367 e. The molecule has 1 aliphatic carbocycles. The molecule has 7 heteroatoms. The Kier molecular flexibility index (Phi) is 7.75. The van der Waals surface area contributed by atoms with Crippen LogP contribution in [-0.2, 0) is 17.9 Å². The third kappa shape index (κ3) is 7.64. The maximum Gasteiger partial charge on any atom is 0.411 e. The van der Waals surface area contributed by atoms with Crippen molar-refractivity contribution < 1.29 is 17.9 Å². The lowest BCUT2D eigenvalue weighted by molar-refractivity contribution is -0.176. The lowest BCUT2D eigenvalue weighted by Crippen LogP contribution is -2.44. The summed E-state index contributed by atoms with van der Waals surface area (Å²) in [6, 6.07) is 7.80. The van der Waals surface area contributed by atoms with Crippen molar-refractivity contribution in [1.29, 1.82) is 0 Å². The molecule has 0 aromatic heterocycles. The molecule has 0 bridgehead atoms. The van der Waals surface area contributed by atoms with Crippen LogP contribution < -0.4 is 10.6 Å². The van der Waals surface area contributed by atoms with Crippen LogP contribution in [0.2, 0.25) is 0 Å². The molecule has 1 fully saturated rings. The second kappa shape index (κ2) is 9.80. The van der Waals surface area contributed by atoms with Gasteiger partial charge in [0.1, 0.15) is 6.61 Å². The summed E-state index contributed by atoms with van der Waals surface area (Å²) < 4.78 is 40.9. The molecule has 2 rings (SSSR count). The summed E-state index contributed by atoms with van der Waals surface area (Å²) in [6.45, 7) is 1.63. The topological polar surface area (TPSA) is 45.7 Å². The summed E-state index contributed by atoms with van der Waals surface area (Å²) in [4.78, 5) is 4.27. The highest BCUT2D eigenvalue weighted by atomic mass is 19.4. The van der Waals surface area contributed by atoms with E-state index in [1.165, 1.54) is 12.8 Å². The number of ether oxygens (including phenoxy) is 1. The number of rotatable bonds is 6. The number of hydrogen-bond acceptors (Lipinski definition) is 2. The Morgan fingerprint density at radius 2 is 1.73 bits per heavy atom. The average Bonchev–Trinajstić information content (AvgIpc) is 2.60. The molecule has 1 aliphatic rings. The molecule has 1 saturated carbocycles. The molecule has 0 radical (unpaired) electrons. The standard InChI is InChI=1S/C19H28F3N3O/c1-14-3-9-17(10-4-14)25-18(23-2)24-11-15-5-7-16(8-6-15)12-26-13-19(20,21)22/h5-8,14,17H,3-4,9-13H2,1-2H3,(H2,23,24,25). The maximum atomic E-state index is 12.1. The van der Waals surface area contributed by atoms with Crippen LogP contribution in [-0.4, -0.2) is 31.8 Å². The van der Waals surface area contributed by atoms with Crippen molar-refractivity contribution in [2.24, 2.45) is 10.9 Å². The second-order valence-electron chi connectivity index (χ2n) is 6.95. The van der Waals surface area contributed by atoms with E-state index in [1.54, 1.807) is 19.2 Å². The first-order valence-electron chi connectivity index (χ1n) is 9.05. The minimum absolute atomic E-state index is 0.0451. The fraction of sp³-hybridized carbons (Fsp3) is 0.632. The van der Waals surface area contributed by atoms with Crippen LogP contribution in [0.25, 0.3) is 0 Å². The zero-order valence-corrected chi connectivity index (χ0v) is 15.4. The van der Waals surface area contributed by atoms with Gasteiger partial charge in [-0.15, -0.1) is 0 Å². The summed E-state index contributed by atoms with van der Waals surface area (Å²) in [5, 5.41) is 6.75. The zero-order valence-electron chi connectivity index (χ0n) is 15.4. The summed E-state index contributed by atoms with van der Waals surface area (Å²) >= 11 is 0.